The molecule has 0 saturated carbocycles. The van der Waals surface area contributed by atoms with Crippen LogP contribution in [0.2, 0.25) is 5.02 Å². The number of anilines is 1. The third-order valence-corrected chi connectivity index (χ3v) is 4.16. The number of nitrogens with one attached hydrogen (secondary N) is 1. The van der Waals surface area contributed by atoms with Crippen molar-refractivity contribution < 1.29 is 4.79 Å². The Morgan fingerprint density at radius 3 is 2.65 bits per heavy atom. The molecule has 1 aromatic heterocycles. The molecular formula is C18H22ClN3O. The predicted octanol–water partition coefficient (Wildman–Crippen LogP) is 3.81. The molecule has 2 rings (SSSR count). The number of amides is 1. The highest BCUT2D eigenvalue weighted by molar-refractivity contribution is 6.30. The van der Waals surface area contributed by atoms with Crippen LogP contribution in [0.4, 0.5) is 5.82 Å². The second-order valence-corrected chi connectivity index (χ2v) is 6.31. The molecule has 0 saturated heterocycles. The van der Waals surface area contributed by atoms with E-state index in [0.717, 1.165) is 6.54 Å². The summed E-state index contributed by atoms with van der Waals surface area (Å²) in [5.74, 6) is 0.415. The second-order valence-electron chi connectivity index (χ2n) is 5.87. The van der Waals surface area contributed by atoms with Gasteiger partial charge < -0.3 is 5.32 Å². The average Bonchev–Trinajstić information content (AvgIpc) is 2.51. The van der Waals surface area contributed by atoms with Gasteiger partial charge in [0.15, 0.2) is 0 Å². The van der Waals surface area contributed by atoms with Crippen molar-refractivity contribution in [2.45, 2.75) is 33.4 Å². The molecule has 1 amide bonds. The number of halogens is 1. The third kappa shape index (κ3) is 4.78. The molecule has 4 nitrogen and oxygen atoms in total. The Morgan fingerprint density at radius 2 is 2.04 bits per heavy atom. The van der Waals surface area contributed by atoms with E-state index in [-0.39, 0.29) is 11.9 Å². The van der Waals surface area contributed by atoms with E-state index in [0.29, 0.717) is 10.8 Å². The smallest absolute Gasteiger partial charge is 0.242 e. The number of hydrogen-bond donors (Lipinski definition) is 1. The van der Waals surface area contributed by atoms with Crippen LogP contribution < -0.4 is 5.32 Å². The summed E-state index contributed by atoms with van der Waals surface area (Å²) in [6, 6.07) is 9.50. The number of aryl methyl sites for hydroxylation is 2. The van der Waals surface area contributed by atoms with Gasteiger partial charge in [-0.05, 0) is 51.1 Å². The van der Waals surface area contributed by atoms with E-state index in [9.17, 15) is 4.79 Å². The molecule has 0 unspecified atom stereocenters. The molecule has 0 bridgehead atoms. The van der Waals surface area contributed by atoms with Gasteiger partial charge in [-0.1, -0.05) is 35.4 Å². The van der Waals surface area contributed by atoms with Gasteiger partial charge in [-0.25, -0.2) is 4.98 Å². The van der Waals surface area contributed by atoms with Gasteiger partial charge in [0.2, 0.25) is 5.91 Å². The fourth-order valence-electron chi connectivity index (χ4n) is 2.31. The first-order valence-electron chi connectivity index (χ1n) is 7.55. The molecule has 122 valence electrons. The lowest BCUT2D eigenvalue weighted by molar-refractivity contribution is -0.120. The zero-order chi connectivity index (χ0) is 17.0. The number of rotatable bonds is 5. The van der Waals surface area contributed by atoms with Crippen LogP contribution in [0.15, 0.2) is 36.5 Å². The summed E-state index contributed by atoms with van der Waals surface area (Å²) in [5, 5.41) is 3.35. The van der Waals surface area contributed by atoms with Crippen LogP contribution in [0.3, 0.4) is 0 Å². The average molecular weight is 332 g/mol. The number of carbonyl (C=O) groups excluding carboxylic acids is 1. The number of carbonyl (C=O) groups is 1. The Bertz CT molecular complexity index is 685. The molecule has 1 aromatic carbocycles. The Morgan fingerprint density at radius 1 is 1.30 bits per heavy atom. The van der Waals surface area contributed by atoms with E-state index in [1.54, 1.807) is 12.1 Å². The number of benzene rings is 1. The largest absolute Gasteiger partial charge is 0.309 e. The van der Waals surface area contributed by atoms with Crippen LogP contribution in [-0.4, -0.2) is 28.9 Å². The van der Waals surface area contributed by atoms with Gasteiger partial charge in [-0.3, -0.25) is 9.69 Å². The number of pyridine rings is 1. The number of hydrogen-bond acceptors (Lipinski definition) is 3. The molecular weight excluding hydrogens is 310 g/mol. The molecule has 0 aliphatic rings. The van der Waals surface area contributed by atoms with Gasteiger partial charge in [0, 0.05) is 12.7 Å². The molecule has 0 radical (unpaired) electrons. The summed E-state index contributed by atoms with van der Waals surface area (Å²) in [5.41, 5.74) is 3.71. The van der Waals surface area contributed by atoms with Crippen molar-refractivity contribution in [1.82, 2.24) is 9.88 Å². The molecule has 0 spiro atoms. The van der Waals surface area contributed by atoms with Crippen LogP contribution in [0, 0.1) is 13.8 Å². The van der Waals surface area contributed by atoms with Gasteiger partial charge in [0.05, 0.1) is 11.1 Å². The molecule has 1 heterocycles. The molecule has 23 heavy (non-hydrogen) atoms. The lowest BCUT2D eigenvalue weighted by Gasteiger charge is -2.24. The normalized spacial score (nSPS) is 12.3. The summed E-state index contributed by atoms with van der Waals surface area (Å²) in [6.45, 7) is 6.78. The van der Waals surface area contributed by atoms with Crippen molar-refractivity contribution in [2.24, 2.45) is 0 Å². The van der Waals surface area contributed by atoms with Crippen molar-refractivity contribution in [1.29, 1.82) is 0 Å². The monoisotopic (exact) mass is 331 g/mol. The van der Waals surface area contributed by atoms with E-state index in [2.05, 4.69) is 42.3 Å². The number of nitrogens with zero attached hydrogens (tertiary/aromatic N) is 2. The van der Waals surface area contributed by atoms with E-state index in [1.807, 2.05) is 18.9 Å². The Hall–Kier alpha value is -1.91. The fourth-order valence-corrected chi connectivity index (χ4v) is 2.42. The maximum absolute atomic E-state index is 12.3. The number of likely N-dealkylation sites (N-methyl/N-ethyl adjacent to an activating group) is 1. The quantitative estimate of drug-likeness (QED) is 0.906. The van der Waals surface area contributed by atoms with Gasteiger partial charge >= 0.3 is 0 Å². The highest BCUT2D eigenvalue weighted by Gasteiger charge is 2.19. The van der Waals surface area contributed by atoms with Crippen LogP contribution in [0.5, 0.6) is 0 Å². The molecule has 1 N–H and O–H groups in total. The summed E-state index contributed by atoms with van der Waals surface area (Å²) < 4.78 is 0. The van der Waals surface area contributed by atoms with Gasteiger partial charge in [-0.2, -0.15) is 0 Å². The SMILES string of the molecule is Cc1ccc(CN(C)[C@H](C)C(=O)Nc2ccc(Cl)cn2)c(C)c1. The van der Waals surface area contributed by atoms with Crippen LogP contribution >= 0.6 is 11.6 Å². The molecule has 0 fully saturated rings. The van der Waals surface area contributed by atoms with E-state index < -0.39 is 0 Å². The first kappa shape index (κ1) is 17.4. The van der Waals surface area contributed by atoms with Crippen molar-refractivity contribution in [2.75, 3.05) is 12.4 Å². The van der Waals surface area contributed by atoms with Crippen LogP contribution in [0.1, 0.15) is 23.6 Å². The Balaban J connectivity index is 1.99. The lowest BCUT2D eigenvalue weighted by atomic mass is 10.0. The van der Waals surface area contributed by atoms with Crippen molar-refractivity contribution in [3.63, 3.8) is 0 Å². The minimum absolute atomic E-state index is 0.0907. The minimum Gasteiger partial charge on any atom is -0.309 e. The van der Waals surface area contributed by atoms with Gasteiger partial charge in [-0.15, -0.1) is 0 Å². The van der Waals surface area contributed by atoms with E-state index in [1.165, 1.54) is 22.9 Å². The summed E-state index contributed by atoms with van der Waals surface area (Å²) in [7, 11) is 1.94. The standard InChI is InChI=1S/C18H22ClN3O/c1-12-5-6-15(13(2)9-12)11-22(4)14(3)18(23)21-17-8-7-16(19)10-20-17/h5-10,14H,11H2,1-4H3,(H,20,21,23)/t14-/m1/s1. The van der Waals surface area contributed by atoms with E-state index >= 15 is 0 Å². The maximum Gasteiger partial charge on any atom is 0.242 e. The van der Waals surface area contributed by atoms with Crippen LogP contribution in [-0.2, 0) is 11.3 Å². The van der Waals surface area contributed by atoms with E-state index in [4.69, 9.17) is 11.6 Å². The third-order valence-electron chi connectivity index (χ3n) is 3.94. The molecule has 1 atom stereocenters. The number of aromatic nitrogens is 1. The fraction of sp³-hybridized carbons (Fsp3) is 0.333. The summed E-state index contributed by atoms with van der Waals surface area (Å²) >= 11 is 5.79. The van der Waals surface area contributed by atoms with Crippen molar-refractivity contribution in [3.05, 3.63) is 58.2 Å². The lowest BCUT2D eigenvalue weighted by Crippen LogP contribution is -2.39. The minimum atomic E-state index is -0.270. The predicted molar refractivity (Wildman–Crippen MR) is 94.7 cm³/mol. The molecule has 2 aromatic rings. The van der Waals surface area contributed by atoms with Gasteiger partial charge in [0.25, 0.3) is 0 Å². The highest BCUT2D eigenvalue weighted by Crippen LogP contribution is 2.15. The first-order valence-corrected chi connectivity index (χ1v) is 7.93. The second kappa shape index (κ2) is 7.57. The zero-order valence-electron chi connectivity index (χ0n) is 13.9. The summed E-state index contributed by atoms with van der Waals surface area (Å²) in [4.78, 5) is 18.4. The molecule has 0 aliphatic heterocycles. The Kier molecular flexibility index (Phi) is 5.74. The van der Waals surface area contributed by atoms with Crippen molar-refractivity contribution >= 4 is 23.3 Å². The van der Waals surface area contributed by atoms with Crippen molar-refractivity contribution in [3.8, 4) is 0 Å². The van der Waals surface area contributed by atoms with Crippen LogP contribution in [0.25, 0.3) is 0 Å². The topological polar surface area (TPSA) is 45.2 Å². The first-order chi connectivity index (χ1) is 10.9. The molecule has 5 heteroatoms. The highest BCUT2D eigenvalue weighted by atomic mass is 35.5. The molecule has 0 aliphatic carbocycles. The summed E-state index contributed by atoms with van der Waals surface area (Å²) in [6.07, 6.45) is 1.52. The van der Waals surface area contributed by atoms with Gasteiger partial charge in [0.1, 0.15) is 5.82 Å². The maximum atomic E-state index is 12.3. The zero-order valence-corrected chi connectivity index (χ0v) is 14.7. The Labute approximate surface area is 142 Å².